The highest BCUT2D eigenvalue weighted by atomic mass is 31.1. The summed E-state index contributed by atoms with van der Waals surface area (Å²) in [5.74, 6) is 0.0711. The van der Waals surface area contributed by atoms with Crippen molar-refractivity contribution in [2.45, 2.75) is 0 Å². The summed E-state index contributed by atoms with van der Waals surface area (Å²) in [5.41, 5.74) is 5.94. The molecule has 4 rings (SSSR count). The molecule has 0 amide bonds. The third-order valence-electron chi connectivity index (χ3n) is 5.73. The number of Topliss-reactive ketones (excluding diaryl/α,β-unsaturated/α-hetero) is 1. The van der Waals surface area contributed by atoms with Gasteiger partial charge in [-0.05, 0) is 49.4 Å². The van der Waals surface area contributed by atoms with Gasteiger partial charge in [0.05, 0.1) is 6.54 Å². The Kier molecular flexibility index (Phi) is 8.56. The fraction of sp³-hybridized carbons (Fsp3) is 0.138. The molecule has 0 unspecified atom stereocenters. The van der Waals surface area contributed by atoms with Gasteiger partial charge in [-0.3, -0.25) is 4.79 Å². The zero-order valence-electron chi connectivity index (χ0n) is 18.6. The lowest BCUT2D eigenvalue weighted by Crippen LogP contribution is -2.32. The predicted octanol–water partition coefficient (Wildman–Crippen LogP) is 4.40. The van der Waals surface area contributed by atoms with E-state index in [1.807, 2.05) is 0 Å². The summed E-state index contributed by atoms with van der Waals surface area (Å²) in [6, 6.07) is 42.5. The Hall–Kier alpha value is -2.63. The van der Waals surface area contributed by atoms with E-state index in [4.69, 9.17) is 5.73 Å². The Balaban J connectivity index is 1.70. The molecule has 33 heavy (non-hydrogen) atoms. The van der Waals surface area contributed by atoms with E-state index in [1.165, 1.54) is 21.2 Å². The Morgan fingerprint density at radius 2 is 0.818 bits per heavy atom. The molecular weight excluding hydrogens is 440 g/mol. The summed E-state index contributed by atoms with van der Waals surface area (Å²) in [6.45, 7) is 0.0875. The van der Waals surface area contributed by atoms with Gasteiger partial charge < -0.3 is 5.73 Å². The van der Waals surface area contributed by atoms with Gasteiger partial charge in [-0.25, -0.2) is 0 Å². The largest absolute Gasteiger partial charge is 0.324 e. The number of hydrogen-bond acceptors (Lipinski definition) is 2. The summed E-state index contributed by atoms with van der Waals surface area (Å²) in [5, 5.41) is 5.21. The van der Waals surface area contributed by atoms with Crippen LogP contribution in [0, 0.1) is 5.92 Å². The number of carbonyl (C=O) groups excluding carboxylic acids is 1. The molecule has 4 aromatic carbocycles. The summed E-state index contributed by atoms with van der Waals surface area (Å²) >= 11 is 0. The molecule has 4 aromatic rings. The van der Waals surface area contributed by atoms with E-state index in [9.17, 15) is 4.79 Å². The van der Waals surface area contributed by atoms with E-state index < -0.39 is 15.8 Å². The van der Waals surface area contributed by atoms with Crippen molar-refractivity contribution in [3.8, 4) is 0 Å². The molecule has 0 saturated heterocycles. The molecule has 0 fully saturated rings. The van der Waals surface area contributed by atoms with Crippen LogP contribution in [0.2, 0.25) is 0 Å². The number of hydrogen-bond donors (Lipinski definition) is 1. The zero-order valence-corrected chi connectivity index (χ0v) is 20.4. The highest BCUT2D eigenvalue weighted by molar-refractivity contribution is 7.74. The second-order valence-electron chi connectivity index (χ2n) is 7.93. The quantitative estimate of drug-likeness (QED) is 0.350. The van der Waals surface area contributed by atoms with Gasteiger partial charge in [0.25, 0.3) is 0 Å². The molecule has 0 aliphatic rings. The number of benzene rings is 4. The molecule has 4 heteroatoms. The minimum Gasteiger partial charge on any atom is -0.324 e. The zero-order chi connectivity index (χ0) is 22.9. The van der Waals surface area contributed by atoms with E-state index in [0.717, 1.165) is 12.3 Å². The van der Waals surface area contributed by atoms with E-state index in [0.29, 0.717) is 0 Å². The first-order valence-electron chi connectivity index (χ1n) is 11.2. The van der Waals surface area contributed by atoms with Crippen molar-refractivity contribution in [2.75, 3.05) is 18.9 Å². The van der Waals surface area contributed by atoms with Crippen molar-refractivity contribution < 1.29 is 4.79 Å². The van der Waals surface area contributed by atoms with Gasteiger partial charge in [0.15, 0.2) is 0 Å². The SMILES string of the molecule is NCC(=O)C(CP(c1ccccc1)c1ccccc1)CP(c1ccccc1)c1ccccc1. The fourth-order valence-electron chi connectivity index (χ4n) is 4.02. The maximum Gasteiger partial charge on any atom is 0.150 e. The Labute approximate surface area is 199 Å². The molecule has 0 aliphatic heterocycles. The molecule has 0 aromatic heterocycles. The summed E-state index contributed by atoms with van der Waals surface area (Å²) in [6.07, 6.45) is 1.63. The minimum atomic E-state index is -0.663. The first kappa shape index (κ1) is 23.5. The van der Waals surface area contributed by atoms with Gasteiger partial charge in [-0.15, -0.1) is 0 Å². The molecule has 0 saturated carbocycles. The Bertz CT molecular complexity index is 957. The molecule has 0 spiro atoms. The smallest absolute Gasteiger partial charge is 0.150 e. The third-order valence-corrected chi connectivity index (χ3v) is 11.0. The van der Waals surface area contributed by atoms with Crippen LogP contribution in [0.5, 0.6) is 0 Å². The predicted molar refractivity (Wildman–Crippen MR) is 145 cm³/mol. The van der Waals surface area contributed by atoms with Crippen molar-refractivity contribution in [1.82, 2.24) is 0 Å². The Morgan fingerprint density at radius 1 is 0.545 bits per heavy atom. The molecule has 0 radical (unpaired) electrons. The number of rotatable bonds is 10. The van der Waals surface area contributed by atoms with Crippen molar-refractivity contribution in [2.24, 2.45) is 11.7 Å². The van der Waals surface area contributed by atoms with Gasteiger partial charge in [-0.1, -0.05) is 121 Å². The lowest BCUT2D eigenvalue weighted by Gasteiger charge is -2.28. The molecule has 0 heterocycles. The van der Waals surface area contributed by atoms with E-state index in [2.05, 4.69) is 121 Å². The first-order valence-corrected chi connectivity index (χ1v) is 14.3. The van der Waals surface area contributed by atoms with Gasteiger partial charge >= 0.3 is 0 Å². The molecule has 0 bridgehead atoms. The van der Waals surface area contributed by atoms with Crippen molar-refractivity contribution in [3.63, 3.8) is 0 Å². The standard InChI is InChI=1S/C29H29NOP2/c30-21-29(31)24(22-32(25-13-5-1-6-14-25)26-15-7-2-8-16-26)23-33(27-17-9-3-10-18-27)28-19-11-4-12-20-28/h1-20,24H,21-23,30H2. The van der Waals surface area contributed by atoms with Gasteiger partial charge in [-0.2, -0.15) is 0 Å². The monoisotopic (exact) mass is 469 g/mol. The van der Waals surface area contributed by atoms with E-state index in [1.54, 1.807) is 0 Å². The van der Waals surface area contributed by atoms with Crippen LogP contribution in [-0.2, 0) is 4.79 Å². The van der Waals surface area contributed by atoms with Crippen LogP contribution in [0.3, 0.4) is 0 Å². The average Bonchev–Trinajstić information content (AvgIpc) is 2.90. The second kappa shape index (κ2) is 12.0. The normalized spacial score (nSPS) is 11.3. The maximum absolute atomic E-state index is 13.2. The molecule has 0 aliphatic carbocycles. The molecule has 2 N–H and O–H groups in total. The Morgan fingerprint density at radius 3 is 1.06 bits per heavy atom. The van der Waals surface area contributed by atoms with Gasteiger partial charge in [0.2, 0.25) is 0 Å². The molecule has 0 atom stereocenters. The van der Waals surface area contributed by atoms with E-state index >= 15 is 0 Å². The highest BCUT2D eigenvalue weighted by Gasteiger charge is 2.28. The van der Waals surface area contributed by atoms with Gasteiger partial charge in [0.1, 0.15) is 5.78 Å². The second-order valence-corrected chi connectivity index (χ2v) is 12.4. The van der Waals surface area contributed by atoms with E-state index in [-0.39, 0.29) is 18.2 Å². The van der Waals surface area contributed by atoms with Crippen LogP contribution < -0.4 is 27.0 Å². The lowest BCUT2D eigenvalue weighted by molar-refractivity contribution is -0.120. The fourth-order valence-corrected chi connectivity index (χ4v) is 9.34. The molecule has 2 nitrogen and oxygen atoms in total. The number of ketones is 1. The molecule has 166 valence electrons. The van der Waals surface area contributed by atoms with Crippen LogP contribution in [0.25, 0.3) is 0 Å². The molecular formula is C29H29NOP2. The average molecular weight is 470 g/mol. The number of nitrogens with two attached hydrogens (primary N) is 1. The topological polar surface area (TPSA) is 43.1 Å². The summed E-state index contributed by atoms with van der Waals surface area (Å²) in [4.78, 5) is 13.2. The highest BCUT2D eigenvalue weighted by Crippen LogP contribution is 2.42. The van der Waals surface area contributed by atoms with Gasteiger partial charge in [0, 0.05) is 5.92 Å². The van der Waals surface area contributed by atoms with Crippen molar-refractivity contribution >= 4 is 42.8 Å². The number of carbonyl (C=O) groups is 1. The van der Waals surface area contributed by atoms with Crippen LogP contribution in [-0.4, -0.2) is 24.7 Å². The van der Waals surface area contributed by atoms with Crippen LogP contribution >= 0.6 is 15.8 Å². The van der Waals surface area contributed by atoms with Crippen molar-refractivity contribution in [1.29, 1.82) is 0 Å². The summed E-state index contributed by atoms with van der Waals surface area (Å²) < 4.78 is 0. The maximum atomic E-state index is 13.2. The van der Waals surface area contributed by atoms with Crippen LogP contribution in [0.1, 0.15) is 0 Å². The minimum absolute atomic E-state index is 0.0875. The van der Waals surface area contributed by atoms with Crippen LogP contribution in [0.15, 0.2) is 121 Å². The van der Waals surface area contributed by atoms with Crippen LogP contribution in [0.4, 0.5) is 0 Å². The lowest BCUT2D eigenvalue weighted by atomic mass is 10.1. The van der Waals surface area contributed by atoms with Crippen molar-refractivity contribution in [3.05, 3.63) is 121 Å². The third kappa shape index (κ3) is 6.24. The summed E-state index contributed by atoms with van der Waals surface area (Å²) in [7, 11) is -1.33. The first-order chi connectivity index (χ1) is 16.3.